The zero-order chi connectivity index (χ0) is 18.7. The van der Waals surface area contributed by atoms with Crippen molar-refractivity contribution in [3.05, 3.63) is 48.4 Å². The molecule has 1 aliphatic rings. The normalized spacial score (nSPS) is 15.7. The lowest BCUT2D eigenvalue weighted by atomic mass is 10.1. The molecule has 2 aromatic rings. The van der Waals surface area contributed by atoms with E-state index >= 15 is 0 Å². The van der Waals surface area contributed by atoms with Gasteiger partial charge in [-0.1, -0.05) is 49.6 Å². The molecular weight excluding hydrogens is 336 g/mol. The number of carbonyl (C=O) groups is 1. The van der Waals surface area contributed by atoms with Crippen LogP contribution in [0.4, 0.5) is 0 Å². The highest BCUT2D eigenvalue weighted by Gasteiger charge is 2.10. The Balaban J connectivity index is 1.39. The average molecular weight is 367 g/mol. The van der Waals surface area contributed by atoms with Gasteiger partial charge in [0.05, 0.1) is 5.69 Å². The molecule has 1 aromatic heterocycles. The number of benzene rings is 1. The third kappa shape index (κ3) is 6.75. The molecule has 5 nitrogen and oxygen atoms in total. The van der Waals surface area contributed by atoms with Gasteiger partial charge < -0.3 is 10.2 Å². The summed E-state index contributed by atoms with van der Waals surface area (Å²) in [6.45, 7) is 3.71. The summed E-state index contributed by atoms with van der Waals surface area (Å²) in [6, 6.07) is 12.0. The van der Waals surface area contributed by atoms with Gasteiger partial charge in [-0.05, 0) is 32.0 Å². The molecule has 0 spiro atoms. The lowest BCUT2D eigenvalue weighted by Gasteiger charge is -2.24. The number of rotatable bonds is 7. The predicted molar refractivity (Wildman–Crippen MR) is 108 cm³/mol. The maximum Gasteiger partial charge on any atom is 0.221 e. The van der Waals surface area contributed by atoms with E-state index in [1.165, 1.54) is 32.1 Å². The Morgan fingerprint density at radius 1 is 1.00 bits per heavy atom. The average Bonchev–Trinajstić information content (AvgIpc) is 2.68. The van der Waals surface area contributed by atoms with Crippen molar-refractivity contribution in [2.24, 2.45) is 0 Å². The molecule has 3 rings (SSSR count). The Morgan fingerprint density at radius 3 is 2.52 bits per heavy atom. The van der Waals surface area contributed by atoms with E-state index in [0.29, 0.717) is 19.4 Å². The molecule has 5 heteroatoms. The summed E-state index contributed by atoms with van der Waals surface area (Å²) in [4.78, 5) is 23.5. The van der Waals surface area contributed by atoms with Gasteiger partial charge in [0, 0.05) is 37.7 Å². The van der Waals surface area contributed by atoms with E-state index in [0.717, 1.165) is 36.7 Å². The molecule has 1 aromatic carbocycles. The number of aromatic nitrogens is 2. The minimum absolute atomic E-state index is 0.122. The highest BCUT2D eigenvalue weighted by Crippen LogP contribution is 2.15. The van der Waals surface area contributed by atoms with Crippen LogP contribution in [0.2, 0.25) is 0 Å². The topological polar surface area (TPSA) is 58.1 Å². The number of carbonyl (C=O) groups excluding carboxylic acids is 1. The molecule has 1 fully saturated rings. The Hall–Kier alpha value is -2.27. The molecule has 2 heterocycles. The first kappa shape index (κ1) is 19.5. The minimum Gasteiger partial charge on any atom is -0.356 e. The SMILES string of the molecule is O=C(CCN1CCCCCCC1)NCCc1nccc(-c2ccccc2)n1. The Morgan fingerprint density at radius 2 is 1.74 bits per heavy atom. The molecule has 0 unspecified atom stereocenters. The fourth-order valence-electron chi connectivity index (χ4n) is 3.49. The van der Waals surface area contributed by atoms with Crippen LogP contribution in [0.15, 0.2) is 42.6 Å². The van der Waals surface area contributed by atoms with Gasteiger partial charge in [0.2, 0.25) is 5.91 Å². The second-order valence-corrected chi connectivity index (χ2v) is 7.18. The van der Waals surface area contributed by atoms with Crippen LogP contribution < -0.4 is 5.32 Å². The van der Waals surface area contributed by atoms with Crippen LogP contribution in [-0.4, -0.2) is 47.0 Å². The van der Waals surface area contributed by atoms with E-state index < -0.39 is 0 Å². The second kappa shape index (κ2) is 10.8. The summed E-state index contributed by atoms with van der Waals surface area (Å²) >= 11 is 0. The number of hydrogen-bond donors (Lipinski definition) is 1. The largest absolute Gasteiger partial charge is 0.356 e. The smallest absolute Gasteiger partial charge is 0.221 e. The van der Waals surface area contributed by atoms with Gasteiger partial charge in [-0.25, -0.2) is 9.97 Å². The molecule has 0 atom stereocenters. The van der Waals surface area contributed by atoms with Gasteiger partial charge in [0.1, 0.15) is 5.82 Å². The molecule has 144 valence electrons. The van der Waals surface area contributed by atoms with E-state index in [1.807, 2.05) is 36.4 Å². The molecule has 0 bridgehead atoms. The van der Waals surface area contributed by atoms with E-state index in [9.17, 15) is 4.79 Å². The van der Waals surface area contributed by atoms with Crippen molar-refractivity contribution in [3.8, 4) is 11.3 Å². The Labute approximate surface area is 162 Å². The van der Waals surface area contributed by atoms with E-state index in [4.69, 9.17) is 0 Å². The van der Waals surface area contributed by atoms with Crippen molar-refractivity contribution < 1.29 is 4.79 Å². The van der Waals surface area contributed by atoms with Crippen molar-refractivity contribution >= 4 is 5.91 Å². The zero-order valence-electron chi connectivity index (χ0n) is 16.1. The van der Waals surface area contributed by atoms with Crippen LogP contribution in [0.3, 0.4) is 0 Å². The van der Waals surface area contributed by atoms with Crippen LogP contribution in [0.1, 0.15) is 44.3 Å². The Kier molecular flexibility index (Phi) is 7.78. The summed E-state index contributed by atoms with van der Waals surface area (Å²) in [5.74, 6) is 0.886. The number of nitrogens with zero attached hydrogens (tertiary/aromatic N) is 3. The van der Waals surface area contributed by atoms with Crippen LogP contribution in [0, 0.1) is 0 Å². The fraction of sp³-hybridized carbons (Fsp3) is 0.500. The monoisotopic (exact) mass is 366 g/mol. The minimum atomic E-state index is 0.122. The molecule has 27 heavy (non-hydrogen) atoms. The fourth-order valence-corrected chi connectivity index (χ4v) is 3.49. The van der Waals surface area contributed by atoms with Gasteiger partial charge in [0.15, 0.2) is 0 Å². The van der Waals surface area contributed by atoms with Crippen molar-refractivity contribution in [2.45, 2.75) is 44.9 Å². The van der Waals surface area contributed by atoms with E-state index in [-0.39, 0.29) is 5.91 Å². The first-order valence-electron chi connectivity index (χ1n) is 10.2. The second-order valence-electron chi connectivity index (χ2n) is 7.18. The first-order valence-corrected chi connectivity index (χ1v) is 10.2. The van der Waals surface area contributed by atoms with E-state index in [2.05, 4.69) is 20.2 Å². The standard InChI is InChI=1S/C22H30N4O/c27-22(13-18-26-16-7-2-1-3-8-17-26)24-15-12-21-23-14-11-20(25-21)19-9-5-4-6-10-19/h4-6,9-11,14H,1-3,7-8,12-13,15-18H2,(H,24,27). The van der Waals surface area contributed by atoms with Gasteiger partial charge in [0.25, 0.3) is 0 Å². The molecule has 1 saturated heterocycles. The highest BCUT2D eigenvalue weighted by atomic mass is 16.1. The van der Waals surface area contributed by atoms with Crippen molar-refractivity contribution in [1.29, 1.82) is 0 Å². The number of hydrogen-bond acceptors (Lipinski definition) is 4. The number of likely N-dealkylation sites (tertiary alicyclic amines) is 1. The zero-order valence-corrected chi connectivity index (χ0v) is 16.1. The molecule has 1 amide bonds. The predicted octanol–water partition coefficient (Wildman–Crippen LogP) is 3.46. The van der Waals surface area contributed by atoms with E-state index in [1.54, 1.807) is 6.20 Å². The molecule has 1 N–H and O–H groups in total. The summed E-state index contributed by atoms with van der Waals surface area (Å²) in [5.41, 5.74) is 2.00. The van der Waals surface area contributed by atoms with Crippen LogP contribution >= 0.6 is 0 Å². The molecule has 1 aliphatic heterocycles. The van der Waals surface area contributed by atoms with Crippen molar-refractivity contribution in [2.75, 3.05) is 26.2 Å². The van der Waals surface area contributed by atoms with Crippen molar-refractivity contribution in [1.82, 2.24) is 20.2 Å². The van der Waals surface area contributed by atoms with Gasteiger partial charge in [-0.3, -0.25) is 4.79 Å². The summed E-state index contributed by atoms with van der Waals surface area (Å²) in [5, 5.41) is 3.01. The Bertz CT molecular complexity index is 696. The van der Waals surface area contributed by atoms with Gasteiger partial charge in [-0.2, -0.15) is 0 Å². The quantitative estimate of drug-likeness (QED) is 0.815. The highest BCUT2D eigenvalue weighted by molar-refractivity contribution is 5.76. The molecule has 0 aliphatic carbocycles. The van der Waals surface area contributed by atoms with Gasteiger partial charge in [-0.15, -0.1) is 0 Å². The van der Waals surface area contributed by atoms with Crippen LogP contribution in [0.25, 0.3) is 11.3 Å². The van der Waals surface area contributed by atoms with Crippen LogP contribution in [0.5, 0.6) is 0 Å². The van der Waals surface area contributed by atoms with Crippen molar-refractivity contribution in [3.63, 3.8) is 0 Å². The molecule has 0 radical (unpaired) electrons. The number of nitrogens with one attached hydrogen (secondary N) is 1. The summed E-state index contributed by atoms with van der Waals surface area (Å²) in [6.07, 6.45) is 9.54. The number of amides is 1. The third-order valence-corrected chi connectivity index (χ3v) is 5.05. The first-order chi connectivity index (χ1) is 13.3. The molecular formula is C22H30N4O. The summed E-state index contributed by atoms with van der Waals surface area (Å²) in [7, 11) is 0. The lowest BCUT2D eigenvalue weighted by Crippen LogP contribution is -2.33. The summed E-state index contributed by atoms with van der Waals surface area (Å²) < 4.78 is 0. The molecule has 0 saturated carbocycles. The third-order valence-electron chi connectivity index (χ3n) is 5.05. The van der Waals surface area contributed by atoms with Gasteiger partial charge >= 0.3 is 0 Å². The van der Waals surface area contributed by atoms with Crippen LogP contribution in [-0.2, 0) is 11.2 Å². The maximum atomic E-state index is 12.1. The lowest BCUT2D eigenvalue weighted by molar-refractivity contribution is -0.121. The maximum absolute atomic E-state index is 12.1.